The molecule has 2 atom stereocenters. The smallest absolute Gasteiger partial charge is 0.236 e. The fourth-order valence-electron chi connectivity index (χ4n) is 3.40. The van der Waals surface area contributed by atoms with E-state index in [-0.39, 0.29) is 11.9 Å². The van der Waals surface area contributed by atoms with Crippen molar-refractivity contribution >= 4 is 17.2 Å². The van der Waals surface area contributed by atoms with Crippen LogP contribution in [0.25, 0.3) is 0 Å². The van der Waals surface area contributed by atoms with Crippen LogP contribution in [0.15, 0.2) is 17.5 Å². The van der Waals surface area contributed by atoms with Crippen LogP contribution >= 0.6 is 11.3 Å². The van der Waals surface area contributed by atoms with Gasteiger partial charge in [0, 0.05) is 37.1 Å². The number of hydrogen-bond acceptors (Lipinski definition) is 5. The van der Waals surface area contributed by atoms with Gasteiger partial charge in [0.2, 0.25) is 5.91 Å². The van der Waals surface area contributed by atoms with Crippen molar-refractivity contribution < 1.29 is 4.79 Å². The molecule has 0 aromatic carbocycles. The zero-order chi connectivity index (χ0) is 17.1. The second-order valence-corrected chi connectivity index (χ2v) is 7.94. The van der Waals surface area contributed by atoms with Crippen LogP contribution < -0.4 is 0 Å². The van der Waals surface area contributed by atoms with E-state index < -0.39 is 0 Å². The Kier molecular flexibility index (Phi) is 5.54. The quantitative estimate of drug-likeness (QED) is 0.792. The third-order valence-corrected chi connectivity index (χ3v) is 6.28. The van der Waals surface area contributed by atoms with Crippen LogP contribution in [0, 0.1) is 17.2 Å². The van der Waals surface area contributed by atoms with E-state index in [0.717, 1.165) is 23.9 Å². The largest absolute Gasteiger partial charge is 0.339 e. The van der Waals surface area contributed by atoms with E-state index in [0.29, 0.717) is 25.7 Å². The third-order valence-electron chi connectivity index (χ3n) is 5.35. The highest BCUT2D eigenvalue weighted by atomic mass is 32.1. The predicted molar refractivity (Wildman–Crippen MR) is 95.6 cm³/mol. The maximum Gasteiger partial charge on any atom is 0.236 e. The van der Waals surface area contributed by atoms with Crippen LogP contribution in [0.5, 0.6) is 0 Å². The number of amides is 1. The number of likely N-dealkylation sites (N-methyl/N-ethyl adjacent to an activating group) is 1. The first-order valence-corrected chi connectivity index (χ1v) is 9.63. The minimum atomic E-state index is -0.181. The Balaban J connectivity index is 1.49. The molecule has 3 rings (SSSR count). The highest BCUT2D eigenvalue weighted by molar-refractivity contribution is 7.10. The number of carbonyl (C=O) groups is 1. The minimum absolute atomic E-state index is 0.181. The Bertz CT molecular complexity index is 585. The Hall–Kier alpha value is -1.42. The average molecular weight is 347 g/mol. The Morgan fingerprint density at radius 1 is 1.42 bits per heavy atom. The molecule has 6 heteroatoms. The molecule has 0 spiro atoms. The molecule has 2 aliphatic rings. The van der Waals surface area contributed by atoms with E-state index in [1.807, 2.05) is 22.4 Å². The lowest BCUT2D eigenvalue weighted by Gasteiger charge is -2.37. The molecule has 2 heterocycles. The molecule has 1 aliphatic heterocycles. The van der Waals surface area contributed by atoms with E-state index in [1.165, 1.54) is 12.8 Å². The van der Waals surface area contributed by atoms with E-state index in [9.17, 15) is 10.1 Å². The molecule has 130 valence electrons. The molecule has 1 saturated carbocycles. The van der Waals surface area contributed by atoms with E-state index in [4.69, 9.17) is 0 Å². The van der Waals surface area contributed by atoms with Gasteiger partial charge in [0.15, 0.2) is 0 Å². The molecule has 0 N–H and O–H groups in total. The lowest BCUT2D eigenvalue weighted by molar-refractivity contribution is -0.134. The predicted octanol–water partition coefficient (Wildman–Crippen LogP) is 2.19. The first-order valence-electron chi connectivity index (χ1n) is 8.75. The number of thiophene rings is 1. The fraction of sp³-hybridized carbons (Fsp3) is 0.667. The van der Waals surface area contributed by atoms with Gasteiger partial charge in [-0.2, -0.15) is 5.26 Å². The van der Waals surface area contributed by atoms with E-state index in [1.54, 1.807) is 11.3 Å². The summed E-state index contributed by atoms with van der Waals surface area (Å²) < 4.78 is 0. The van der Waals surface area contributed by atoms with Gasteiger partial charge >= 0.3 is 0 Å². The number of hydrogen-bond donors (Lipinski definition) is 0. The highest BCUT2D eigenvalue weighted by Gasteiger charge is 2.32. The normalized spacial score (nSPS) is 21.5. The van der Waals surface area contributed by atoms with Gasteiger partial charge in [-0.1, -0.05) is 6.07 Å². The molecule has 5 nitrogen and oxygen atoms in total. The van der Waals surface area contributed by atoms with Crippen molar-refractivity contribution in [3.05, 3.63) is 22.4 Å². The minimum Gasteiger partial charge on any atom is -0.339 e. The first-order chi connectivity index (χ1) is 11.6. The summed E-state index contributed by atoms with van der Waals surface area (Å²) in [4.78, 5) is 20.0. The number of rotatable bonds is 6. The number of nitrogens with zero attached hydrogens (tertiary/aromatic N) is 4. The Morgan fingerprint density at radius 3 is 2.67 bits per heavy atom. The zero-order valence-electron chi connectivity index (χ0n) is 14.5. The number of nitriles is 1. The van der Waals surface area contributed by atoms with Gasteiger partial charge in [-0.15, -0.1) is 11.3 Å². The van der Waals surface area contributed by atoms with Crippen molar-refractivity contribution in [2.75, 3.05) is 39.8 Å². The molecule has 1 aromatic heterocycles. The average Bonchev–Trinajstić information content (AvgIpc) is 3.31. The molecule has 1 amide bonds. The molecule has 2 fully saturated rings. The Labute approximate surface area is 148 Å². The molecule has 0 bridgehead atoms. The van der Waals surface area contributed by atoms with Crippen LogP contribution in [0.3, 0.4) is 0 Å². The summed E-state index contributed by atoms with van der Waals surface area (Å²) in [5, 5.41) is 11.5. The fourth-order valence-corrected chi connectivity index (χ4v) is 4.20. The molecular formula is C18H26N4OS. The maximum atomic E-state index is 12.5. The molecule has 0 radical (unpaired) electrons. The monoisotopic (exact) mass is 346 g/mol. The molecule has 24 heavy (non-hydrogen) atoms. The van der Waals surface area contributed by atoms with Gasteiger partial charge in [0.05, 0.1) is 12.6 Å². The van der Waals surface area contributed by atoms with E-state index >= 15 is 0 Å². The molecule has 1 aromatic rings. The van der Waals surface area contributed by atoms with Crippen molar-refractivity contribution in [3.8, 4) is 6.07 Å². The van der Waals surface area contributed by atoms with Crippen LogP contribution in [0.4, 0.5) is 0 Å². The number of piperazine rings is 1. The lowest BCUT2D eigenvalue weighted by Crippen LogP contribution is -2.52. The topological polar surface area (TPSA) is 50.6 Å². The van der Waals surface area contributed by atoms with Crippen molar-refractivity contribution in [3.63, 3.8) is 0 Å². The highest BCUT2D eigenvalue weighted by Crippen LogP contribution is 2.34. The zero-order valence-corrected chi connectivity index (χ0v) is 15.3. The molecule has 0 unspecified atom stereocenters. The van der Waals surface area contributed by atoms with Crippen molar-refractivity contribution in [1.29, 1.82) is 5.26 Å². The number of carbonyl (C=O) groups excluding carboxylic acids is 1. The maximum absolute atomic E-state index is 12.5. The summed E-state index contributed by atoms with van der Waals surface area (Å²) in [6.07, 6.45) is 2.60. The van der Waals surface area contributed by atoms with Crippen LogP contribution in [-0.2, 0) is 4.79 Å². The lowest BCUT2D eigenvalue weighted by atomic mass is 10.1. The summed E-state index contributed by atoms with van der Waals surface area (Å²) in [7, 11) is 2.06. The van der Waals surface area contributed by atoms with Gasteiger partial charge < -0.3 is 4.90 Å². The van der Waals surface area contributed by atoms with Gasteiger partial charge in [-0.25, -0.2) is 0 Å². The molecular weight excluding hydrogens is 320 g/mol. The summed E-state index contributed by atoms with van der Waals surface area (Å²) >= 11 is 1.63. The van der Waals surface area contributed by atoms with Gasteiger partial charge in [-0.3, -0.25) is 14.6 Å². The van der Waals surface area contributed by atoms with Crippen LogP contribution in [0.1, 0.15) is 30.7 Å². The van der Waals surface area contributed by atoms with Crippen LogP contribution in [0.2, 0.25) is 0 Å². The second kappa shape index (κ2) is 7.64. The van der Waals surface area contributed by atoms with Gasteiger partial charge in [0.25, 0.3) is 0 Å². The van der Waals surface area contributed by atoms with Gasteiger partial charge in [0.1, 0.15) is 6.04 Å². The van der Waals surface area contributed by atoms with Gasteiger partial charge in [-0.05, 0) is 44.2 Å². The summed E-state index contributed by atoms with van der Waals surface area (Å²) in [5.41, 5.74) is 0. The summed E-state index contributed by atoms with van der Waals surface area (Å²) in [6.45, 7) is 5.70. The SMILES string of the molecule is C[C@@H](C1CC1)N(C)CC(=O)N1CCN([C@H](C#N)c2cccs2)CC1. The summed E-state index contributed by atoms with van der Waals surface area (Å²) in [6, 6.07) is 6.73. The molecule has 1 aliphatic carbocycles. The second-order valence-electron chi connectivity index (χ2n) is 6.96. The van der Waals surface area contributed by atoms with Crippen molar-refractivity contribution in [2.24, 2.45) is 5.92 Å². The summed E-state index contributed by atoms with van der Waals surface area (Å²) in [5.74, 6) is 0.996. The van der Waals surface area contributed by atoms with Crippen molar-refractivity contribution in [1.82, 2.24) is 14.7 Å². The first kappa shape index (κ1) is 17.4. The Morgan fingerprint density at radius 2 is 2.12 bits per heavy atom. The third kappa shape index (κ3) is 3.97. The molecule has 1 saturated heterocycles. The van der Waals surface area contributed by atoms with Crippen molar-refractivity contribution in [2.45, 2.75) is 31.8 Å². The van der Waals surface area contributed by atoms with E-state index in [2.05, 4.69) is 29.8 Å². The standard InChI is InChI=1S/C18H26N4OS/c1-14(15-5-6-15)20(2)13-18(23)22-9-7-21(8-10-22)16(12-19)17-4-3-11-24-17/h3-4,11,14-16H,5-10,13H2,1-2H3/t14-,16+/m0/s1. The van der Waals surface area contributed by atoms with Crippen LogP contribution in [-0.4, -0.2) is 66.4 Å².